The number of aliphatic hydroxyl groups is 1. The number of nitrogens with one attached hydrogen (secondary N) is 1. The maximum Gasteiger partial charge on any atom is 0.0558 e. The van der Waals surface area contributed by atoms with Gasteiger partial charge >= 0.3 is 0 Å². The van der Waals surface area contributed by atoms with Crippen molar-refractivity contribution in [1.29, 1.82) is 0 Å². The third-order valence-electron chi connectivity index (χ3n) is 4.73. The predicted molar refractivity (Wildman–Crippen MR) is 85.6 cm³/mol. The number of rotatable bonds is 7. The second-order valence-corrected chi connectivity index (χ2v) is 7.03. The van der Waals surface area contributed by atoms with Crippen LogP contribution < -0.4 is 5.32 Å². The SMILES string of the molecule is CC(C)NCC1(CN2CCCN(CCO)CC2)CCOC1. The van der Waals surface area contributed by atoms with Gasteiger partial charge in [0.15, 0.2) is 0 Å². The van der Waals surface area contributed by atoms with Crippen molar-refractivity contribution in [3.63, 3.8) is 0 Å². The molecule has 2 fully saturated rings. The van der Waals surface area contributed by atoms with Gasteiger partial charge in [-0.25, -0.2) is 0 Å². The summed E-state index contributed by atoms with van der Waals surface area (Å²) < 4.78 is 5.72. The summed E-state index contributed by atoms with van der Waals surface area (Å²) in [5, 5.41) is 12.7. The van der Waals surface area contributed by atoms with Gasteiger partial charge in [-0.15, -0.1) is 0 Å². The third kappa shape index (κ3) is 5.49. The van der Waals surface area contributed by atoms with E-state index in [1.54, 1.807) is 0 Å². The maximum atomic E-state index is 9.09. The molecule has 2 N–H and O–H groups in total. The molecule has 1 unspecified atom stereocenters. The van der Waals surface area contributed by atoms with Gasteiger partial charge in [0.05, 0.1) is 13.2 Å². The van der Waals surface area contributed by atoms with Gasteiger partial charge in [-0.3, -0.25) is 4.90 Å². The van der Waals surface area contributed by atoms with Crippen LogP contribution in [0.25, 0.3) is 0 Å². The van der Waals surface area contributed by atoms with Crippen molar-refractivity contribution in [1.82, 2.24) is 15.1 Å². The van der Waals surface area contributed by atoms with E-state index in [1.807, 2.05) is 0 Å². The summed E-state index contributed by atoms with van der Waals surface area (Å²) in [4.78, 5) is 4.98. The highest BCUT2D eigenvalue weighted by Crippen LogP contribution is 2.29. The second kappa shape index (κ2) is 8.44. The fraction of sp³-hybridized carbons (Fsp3) is 1.00. The molecule has 0 saturated carbocycles. The van der Waals surface area contributed by atoms with E-state index in [9.17, 15) is 0 Å². The molecule has 2 rings (SSSR count). The van der Waals surface area contributed by atoms with Crippen LogP contribution in [0.1, 0.15) is 26.7 Å². The van der Waals surface area contributed by atoms with Crippen molar-refractivity contribution in [2.24, 2.45) is 5.41 Å². The first-order valence-electron chi connectivity index (χ1n) is 8.50. The zero-order valence-electron chi connectivity index (χ0n) is 13.8. The van der Waals surface area contributed by atoms with Gasteiger partial charge in [0, 0.05) is 50.8 Å². The van der Waals surface area contributed by atoms with Crippen molar-refractivity contribution in [2.45, 2.75) is 32.7 Å². The summed E-state index contributed by atoms with van der Waals surface area (Å²) in [6.07, 6.45) is 2.37. The molecule has 0 amide bonds. The Morgan fingerprint density at radius 3 is 2.62 bits per heavy atom. The van der Waals surface area contributed by atoms with Crippen LogP contribution in [0, 0.1) is 5.41 Å². The molecule has 2 aliphatic rings. The van der Waals surface area contributed by atoms with Crippen molar-refractivity contribution < 1.29 is 9.84 Å². The fourth-order valence-corrected chi connectivity index (χ4v) is 3.41. The second-order valence-electron chi connectivity index (χ2n) is 7.03. The zero-order valence-corrected chi connectivity index (χ0v) is 13.8. The van der Waals surface area contributed by atoms with Gasteiger partial charge in [0.2, 0.25) is 0 Å². The molecule has 0 bridgehead atoms. The lowest BCUT2D eigenvalue weighted by Gasteiger charge is -2.34. The smallest absolute Gasteiger partial charge is 0.0558 e. The molecule has 5 nitrogen and oxygen atoms in total. The molecule has 0 radical (unpaired) electrons. The molecule has 0 aromatic heterocycles. The largest absolute Gasteiger partial charge is 0.395 e. The van der Waals surface area contributed by atoms with E-state index in [4.69, 9.17) is 9.84 Å². The van der Waals surface area contributed by atoms with Crippen molar-refractivity contribution in [3.8, 4) is 0 Å². The molecule has 0 aromatic rings. The van der Waals surface area contributed by atoms with Gasteiger partial charge in [-0.2, -0.15) is 0 Å². The van der Waals surface area contributed by atoms with Crippen LogP contribution in [0.15, 0.2) is 0 Å². The summed E-state index contributed by atoms with van der Waals surface area (Å²) >= 11 is 0. The van der Waals surface area contributed by atoms with Gasteiger partial charge in [0.1, 0.15) is 0 Å². The van der Waals surface area contributed by atoms with E-state index < -0.39 is 0 Å². The highest BCUT2D eigenvalue weighted by atomic mass is 16.5. The molecule has 2 heterocycles. The third-order valence-corrected chi connectivity index (χ3v) is 4.73. The van der Waals surface area contributed by atoms with Crippen LogP contribution in [0.2, 0.25) is 0 Å². The molecule has 0 spiro atoms. The predicted octanol–water partition coefficient (Wildman–Crippen LogP) is 0.391. The summed E-state index contributed by atoms with van der Waals surface area (Å²) in [7, 11) is 0. The van der Waals surface area contributed by atoms with E-state index in [1.165, 1.54) is 19.4 Å². The molecule has 0 aromatic carbocycles. The molecule has 0 aliphatic carbocycles. The summed E-state index contributed by atoms with van der Waals surface area (Å²) in [5.74, 6) is 0. The summed E-state index contributed by atoms with van der Waals surface area (Å²) in [5.41, 5.74) is 0.288. The molecular weight excluding hydrogens is 266 g/mol. The Balaban J connectivity index is 1.85. The number of nitrogens with zero attached hydrogens (tertiary/aromatic N) is 2. The van der Waals surface area contributed by atoms with Crippen LogP contribution in [0.5, 0.6) is 0 Å². The van der Waals surface area contributed by atoms with Gasteiger partial charge in [0.25, 0.3) is 0 Å². The highest BCUT2D eigenvalue weighted by Gasteiger charge is 2.36. The Labute approximate surface area is 129 Å². The number of aliphatic hydroxyl groups excluding tert-OH is 1. The lowest BCUT2D eigenvalue weighted by molar-refractivity contribution is 0.107. The first-order valence-corrected chi connectivity index (χ1v) is 8.50. The van der Waals surface area contributed by atoms with Crippen LogP contribution >= 0.6 is 0 Å². The standard InChI is InChI=1S/C16H33N3O2/c1-15(2)17-12-16(4-11-21-14-16)13-19-6-3-5-18(7-8-19)9-10-20/h15,17,20H,3-14H2,1-2H3. The topological polar surface area (TPSA) is 48.0 Å². The number of hydrogen-bond acceptors (Lipinski definition) is 5. The lowest BCUT2D eigenvalue weighted by Crippen LogP contribution is -2.47. The maximum absolute atomic E-state index is 9.09. The normalized spacial score (nSPS) is 29.1. The Hall–Kier alpha value is -0.200. The van der Waals surface area contributed by atoms with Crippen LogP contribution in [-0.2, 0) is 4.74 Å². The number of hydrogen-bond donors (Lipinski definition) is 2. The molecule has 5 heteroatoms. The zero-order chi connectivity index (χ0) is 15.1. The lowest BCUT2D eigenvalue weighted by atomic mass is 9.86. The number of β-amino-alcohol motifs (C(OH)–C–C–N with tert-alkyl or cyclic N) is 1. The highest BCUT2D eigenvalue weighted by molar-refractivity contribution is 4.89. The van der Waals surface area contributed by atoms with Gasteiger partial charge < -0.3 is 20.1 Å². The van der Waals surface area contributed by atoms with Crippen molar-refractivity contribution in [3.05, 3.63) is 0 Å². The van der Waals surface area contributed by atoms with Crippen LogP contribution in [-0.4, -0.2) is 86.6 Å². The van der Waals surface area contributed by atoms with Gasteiger partial charge in [-0.1, -0.05) is 13.8 Å². The van der Waals surface area contributed by atoms with E-state index in [2.05, 4.69) is 29.0 Å². The minimum absolute atomic E-state index is 0.274. The Kier molecular flexibility index (Phi) is 6.89. The fourth-order valence-electron chi connectivity index (χ4n) is 3.41. The molecule has 2 aliphatic heterocycles. The monoisotopic (exact) mass is 299 g/mol. The minimum atomic E-state index is 0.274. The minimum Gasteiger partial charge on any atom is -0.395 e. The number of ether oxygens (including phenoxy) is 1. The average molecular weight is 299 g/mol. The Bertz CT molecular complexity index is 293. The van der Waals surface area contributed by atoms with Gasteiger partial charge in [-0.05, 0) is 25.9 Å². The molecule has 2 saturated heterocycles. The molecular formula is C16H33N3O2. The molecule has 21 heavy (non-hydrogen) atoms. The first kappa shape index (κ1) is 17.2. The summed E-state index contributed by atoms with van der Waals surface area (Å²) in [6, 6.07) is 0.534. The Morgan fingerprint density at radius 1 is 1.19 bits per heavy atom. The van der Waals surface area contributed by atoms with E-state index in [-0.39, 0.29) is 12.0 Å². The Morgan fingerprint density at radius 2 is 1.95 bits per heavy atom. The molecule has 124 valence electrons. The van der Waals surface area contributed by atoms with E-state index >= 15 is 0 Å². The molecule has 1 atom stereocenters. The summed E-state index contributed by atoms with van der Waals surface area (Å²) in [6.45, 7) is 14.0. The average Bonchev–Trinajstić information content (AvgIpc) is 2.80. The van der Waals surface area contributed by atoms with E-state index in [0.29, 0.717) is 6.04 Å². The first-order chi connectivity index (χ1) is 10.1. The van der Waals surface area contributed by atoms with Crippen molar-refractivity contribution >= 4 is 0 Å². The van der Waals surface area contributed by atoms with Crippen LogP contribution in [0.4, 0.5) is 0 Å². The van der Waals surface area contributed by atoms with Crippen molar-refractivity contribution in [2.75, 3.05) is 65.6 Å². The van der Waals surface area contributed by atoms with E-state index in [0.717, 1.165) is 52.5 Å². The quantitative estimate of drug-likeness (QED) is 0.712. The van der Waals surface area contributed by atoms with Crippen LogP contribution in [0.3, 0.4) is 0 Å².